The van der Waals surface area contributed by atoms with Crippen molar-refractivity contribution in [2.24, 2.45) is 0 Å². The number of anilines is 1. The molecule has 0 saturated heterocycles. The molecule has 0 aliphatic rings. The van der Waals surface area contributed by atoms with Gasteiger partial charge in [-0.25, -0.2) is 0 Å². The predicted molar refractivity (Wildman–Crippen MR) is 88.4 cm³/mol. The lowest BCUT2D eigenvalue weighted by Gasteiger charge is -2.02. The van der Waals surface area contributed by atoms with Crippen molar-refractivity contribution in [1.82, 2.24) is 19.6 Å². The number of nitrogens with one attached hydrogen (secondary N) is 1. The predicted octanol–water partition coefficient (Wildman–Crippen LogP) is 2.71. The van der Waals surface area contributed by atoms with Crippen molar-refractivity contribution >= 4 is 11.6 Å². The normalized spacial score (nSPS) is 10.7. The number of carbonyl (C=O) groups excluding carboxylic acids is 1. The van der Waals surface area contributed by atoms with Crippen molar-refractivity contribution in [2.45, 2.75) is 26.9 Å². The SMILES string of the molecule is CCn1ccc(C(=O)Nc2cnn(Cc3ccc(C)cc3)c2)n1. The molecule has 3 rings (SSSR count). The summed E-state index contributed by atoms with van der Waals surface area (Å²) < 4.78 is 3.51. The second kappa shape index (κ2) is 6.48. The summed E-state index contributed by atoms with van der Waals surface area (Å²) in [6.07, 6.45) is 5.24. The van der Waals surface area contributed by atoms with Crippen LogP contribution in [0.3, 0.4) is 0 Å². The first kappa shape index (κ1) is 15.0. The number of aromatic nitrogens is 4. The van der Waals surface area contributed by atoms with E-state index in [0.717, 1.165) is 6.54 Å². The first-order valence-corrected chi connectivity index (χ1v) is 7.57. The molecule has 0 atom stereocenters. The molecule has 6 heteroatoms. The number of aryl methyl sites for hydroxylation is 2. The summed E-state index contributed by atoms with van der Waals surface area (Å²) in [5.41, 5.74) is 3.46. The molecule has 2 aromatic heterocycles. The van der Waals surface area contributed by atoms with Crippen LogP contribution in [0.25, 0.3) is 0 Å². The summed E-state index contributed by atoms with van der Waals surface area (Å²) in [5.74, 6) is -0.230. The van der Waals surface area contributed by atoms with E-state index in [1.807, 2.05) is 13.1 Å². The highest BCUT2D eigenvalue weighted by Crippen LogP contribution is 2.10. The zero-order chi connectivity index (χ0) is 16.2. The average molecular weight is 309 g/mol. The lowest BCUT2D eigenvalue weighted by molar-refractivity contribution is 0.102. The number of rotatable bonds is 5. The molecule has 3 aromatic rings. The minimum atomic E-state index is -0.230. The lowest BCUT2D eigenvalue weighted by atomic mass is 10.1. The summed E-state index contributed by atoms with van der Waals surface area (Å²) in [5, 5.41) is 11.3. The van der Waals surface area contributed by atoms with Crippen LogP contribution in [0.1, 0.15) is 28.5 Å². The fraction of sp³-hybridized carbons (Fsp3) is 0.235. The number of nitrogens with zero attached hydrogens (tertiary/aromatic N) is 4. The van der Waals surface area contributed by atoms with E-state index in [4.69, 9.17) is 0 Å². The molecule has 0 unspecified atom stereocenters. The largest absolute Gasteiger partial charge is 0.318 e. The molecule has 0 bridgehead atoms. The topological polar surface area (TPSA) is 64.7 Å². The monoisotopic (exact) mass is 309 g/mol. The highest BCUT2D eigenvalue weighted by atomic mass is 16.2. The van der Waals surface area contributed by atoms with Gasteiger partial charge in [-0.1, -0.05) is 29.8 Å². The zero-order valence-electron chi connectivity index (χ0n) is 13.2. The Morgan fingerprint density at radius 3 is 2.65 bits per heavy atom. The van der Waals surface area contributed by atoms with Crippen molar-refractivity contribution in [1.29, 1.82) is 0 Å². The molecule has 2 heterocycles. The second-order valence-electron chi connectivity index (χ2n) is 5.42. The summed E-state index contributed by atoms with van der Waals surface area (Å²) in [7, 11) is 0. The highest BCUT2D eigenvalue weighted by molar-refractivity contribution is 6.02. The Kier molecular flexibility index (Phi) is 4.23. The minimum absolute atomic E-state index is 0.230. The highest BCUT2D eigenvalue weighted by Gasteiger charge is 2.10. The number of amides is 1. The van der Waals surface area contributed by atoms with Gasteiger partial charge in [0.2, 0.25) is 0 Å². The Hall–Kier alpha value is -2.89. The molecule has 1 amide bonds. The van der Waals surface area contributed by atoms with Crippen LogP contribution >= 0.6 is 0 Å². The molecule has 0 aliphatic heterocycles. The standard InChI is InChI=1S/C17H19N5O/c1-3-21-9-8-16(20-21)17(23)19-15-10-18-22(12-15)11-14-6-4-13(2)5-7-14/h4-10,12H,3,11H2,1-2H3,(H,19,23). The van der Waals surface area contributed by atoms with E-state index in [2.05, 4.69) is 46.7 Å². The van der Waals surface area contributed by atoms with Crippen LogP contribution in [-0.4, -0.2) is 25.5 Å². The van der Waals surface area contributed by atoms with Crippen molar-refractivity contribution in [3.8, 4) is 0 Å². The third kappa shape index (κ3) is 3.66. The molecule has 0 saturated carbocycles. The average Bonchev–Trinajstić information content (AvgIpc) is 3.19. The fourth-order valence-electron chi connectivity index (χ4n) is 2.25. The van der Waals surface area contributed by atoms with Gasteiger partial charge in [0.1, 0.15) is 0 Å². The molecule has 23 heavy (non-hydrogen) atoms. The van der Waals surface area contributed by atoms with Gasteiger partial charge in [-0.15, -0.1) is 0 Å². The van der Waals surface area contributed by atoms with Crippen LogP contribution in [-0.2, 0) is 13.1 Å². The van der Waals surface area contributed by atoms with Crippen LogP contribution in [0.5, 0.6) is 0 Å². The quantitative estimate of drug-likeness (QED) is 0.788. The zero-order valence-corrected chi connectivity index (χ0v) is 13.2. The van der Waals surface area contributed by atoms with E-state index in [1.165, 1.54) is 11.1 Å². The van der Waals surface area contributed by atoms with E-state index in [0.29, 0.717) is 17.9 Å². The summed E-state index contributed by atoms with van der Waals surface area (Å²) in [6, 6.07) is 10.0. The van der Waals surface area contributed by atoms with Crippen LogP contribution in [0.2, 0.25) is 0 Å². The van der Waals surface area contributed by atoms with Gasteiger partial charge >= 0.3 is 0 Å². The smallest absolute Gasteiger partial charge is 0.276 e. The number of hydrogen-bond acceptors (Lipinski definition) is 3. The molecule has 118 valence electrons. The van der Waals surface area contributed by atoms with Gasteiger partial charge in [-0.2, -0.15) is 10.2 Å². The van der Waals surface area contributed by atoms with Crippen molar-refractivity contribution in [3.05, 3.63) is 65.7 Å². The van der Waals surface area contributed by atoms with E-state index >= 15 is 0 Å². The van der Waals surface area contributed by atoms with Gasteiger partial charge in [0.15, 0.2) is 5.69 Å². The lowest BCUT2D eigenvalue weighted by Crippen LogP contribution is -2.13. The number of carbonyl (C=O) groups is 1. The molecule has 6 nitrogen and oxygen atoms in total. The van der Waals surface area contributed by atoms with Gasteiger partial charge in [-0.05, 0) is 25.5 Å². The van der Waals surface area contributed by atoms with Gasteiger partial charge in [0.25, 0.3) is 5.91 Å². The Morgan fingerprint density at radius 2 is 1.96 bits per heavy atom. The van der Waals surface area contributed by atoms with Gasteiger partial charge in [0, 0.05) is 18.9 Å². The van der Waals surface area contributed by atoms with E-state index in [1.54, 1.807) is 27.8 Å². The second-order valence-corrected chi connectivity index (χ2v) is 5.42. The Balaban J connectivity index is 1.64. The first-order chi connectivity index (χ1) is 11.1. The molecule has 1 N–H and O–H groups in total. The van der Waals surface area contributed by atoms with Crippen molar-refractivity contribution in [2.75, 3.05) is 5.32 Å². The third-order valence-corrected chi connectivity index (χ3v) is 3.55. The van der Waals surface area contributed by atoms with Crippen LogP contribution in [0.15, 0.2) is 48.9 Å². The van der Waals surface area contributed by atoms with E-state index in [9.17, 15) is 4.79 Å². The maximum absolute atomic E-state index is 12.1. The summed E-state index contributed by atoms with van der Waals surface area (Å²) >= 11 is 0. The summed E-state index contributed by atoms with van der Waals surface area (Å²) in [6.45, 7) is 5.44. The van der Waals surface area contributed by atoms with Crippen molar-refractivity contribution < 1.29 is 4.79 Å². The Morgan fingerprint density at radius 1 is 1.17 bits per heavy atom. The van der Waals surface area contributed by atoms with Gasteiger partial charge < -0.3 is 5.32 Å². The Labute approximate surface area is 134 Å². The number of benzene rings is 1. The van der Waals surface area contributed by atoms with Crippen molar-refractivity contribution in [3.63, 3.8) is 0 Å². The molecular weight excluding hydrogens is 290 g/mol. The summed E-state index contributed by atoms with van der Waals surface area (Å²) in [4.78, 5) is 12.1. The molecule has 0 aliphatic carbocycles. The van der Waals surface area contributed by atoms with Crippen LogP contribution in [0, 0.1) is 6.92 Å². The molecular formula is C17H19N5O. The van der Waals surface area contributed by atoms with E-state index < -0.39 is 0 Å². The third-order valence-electron chi connectivity index (χ3n) is 3.55. The van der Waals surface area contributed by atoms with E-state index in [-0.39, 0.29) is 5.91 Å². The molecule has 1 aromatic carbocycles. The van der Waals surface area contributed by atoms with Gasteiger partial charge in [0.05, 0.1) is 18.4 Å². The van der Waals surface area contributed by atoms with Crippen LogP contribution in [0.4, 0.5) is 5.69 Å². The van der Waals surface area contributed by atoms with Gasteiger partial charge in [-0.3, -0.25) is 14.2 Å². The molecule has 0 spiro atoms. The maximum Gasteiger partial charge on any atom is 0.276 e. The van der Waals surface area contributed by atoms with Crippen LogP contribution < -0.4 is 5.32 Å². The Bertz CT molecular complexity index is 801. The first-order valence-electron chi connectivity index (χ1n) is 7.57. The maximum atomic E-state index is 12.1. The minimum Gasteiger partial charge on any atom is -0.318 e. The number of hydrogen-bond donors (Lipinski definition) is 1. The molecule has 0 radical (unpaired) electrons. The molecule has 0 fully saturated rings. The fourth-order valence-corrected chi connectivity index (χ4v) is 2.25.